The lowest BCUT2D eigenvalue weighted by Gasteiger charge is -2.34. The lowest BCUT2D eigenvalue weighted by Crippen LogP contribution is -2.51. The van der Waals surface area contributed by atoms with Crippen molar-refractivity contribution in [3.05, 3.63) is 59.7 Å². The molecule has 1 saturated heterocycles. The third kappa shape index (κ3) is 6.48. The third-order valence-corrected chi connectivity index (χ3v) is 5.58. The summed E-state index contributed by atoms with van der Waals surface area (Å²) in [6.45, 7) is 6.84. The first-order chi connectivity index (χ1) is 15.1. The van der Waals surface area contributed by atoms with Gasteiger partial charge < -0.3 is 19.3 Å². The van der Waals surface area contributed by atoms with Crippen LogP contribution in [0.2, 0.25) is 0 Å². The van der Waals surface area contributed by atoms with E-state index >= 15 is 0 Å². The minimum atomic E-state index is -0.0374. The number of amides is 2. The van der Waals surface area contributed by atoms with Crippen LogP contribution in [-0.4, -0.2) is 61.0 Å². The third-order valence-electron chi connectivity index (χ3n) is 5.58. The number of aryl methyl sites for hydroxylation is 2. The van der Waals surface area contributed by atoms with Crippen molar-refractivity contribution in [3.8, 4) is 11.5 Å². The summed E-state index contributed by atoms with van der Waals surface area (Å²) in [7, 11) is 0. The Morgan fingerprint density at radius 3 is 2.13 bits per heavy atom. The molecule has 0 unspecified atom stereocenters. The van der Waals surface area contributed by atoms with Gasteiger partial charge in [0, 0.05) is 32.6 Å². The van der Waals surface area contributed by atoms with Crippen LogP contribution in [-0.2, 0) is 16.0 Å². The second-order valence-corrected chi connectivity index (χ2v) is 7.73. The monoisotopic (exact) mass is 424 g/mol. The van der Waals surface area contributed by atoms with E-state index in [0.29, 0.717) is 45.6 Å². The fraction of sp³-hybridized carbons (Fsp3) is 0.440. The SMILES string of the molecule is CCc1ccccc1OCC(=O)N1CCN(C(=O)CCCOc2ccccc2C)CC1. The summed E-state index contributed by atoms with van der Waals surface area (Å²) in [6, 6.07) is 15.7. The van der Waals surface area contributed by atoms with Crippen LogP contribution < -0.4 is 9.47 Å². The molecule has 1 fully saturated rings. The van der Waals surface area contributed by atoms with Crippen LogP contribution in [0.1, 0.15) is 30.9 Å². The summed E-state index contributed by atoms with van der Waals surface area (Å²) < 4.78 is 11.5. The van der Waals surface area contributed by atoms with E-state index in [-0.39, 0.29) is 18.4 Å². The number of ether oxygens (including phenoxy) is 2. The van der Waals surface area contributed by atoms with Crippen LogP contribution in [0.4, 0.5) is 0 Å². The van der Waals surface area contributed by atoms with Crippen molar-refractivity contribution in [2.24, 2.45) is 0 Å². The largest absolute Gasteiger partial charge is 0.493 e. The average molecular weight is 425 g/mol. The van der Waals surface area contributed by atoms with Gasteiger partial charge in [-0.2, -0.15) is 0 Å². The summed E-state index contributed by atoms with van der Waals surface area (Å²) in [5, 5.41) is 0. The van der Waals surface area contributed by atoms with Gasteiger partial charge in [0.25, 0.3) is 5.91 Å². The predicted octanol–water partition coefficient (Wildman–Crippen LogP) is 3.47. The Morgan fingerprint density at radius 1 is 0.839 bits per heavy atom. The first-order valence-electron chi connectivity index (χ1n) is 11.0. The van der Waals surface area contributed by atoms with Gasteiger partial charge in [0.2, 0.25) is 5.91 Å². The highest BCUT2D eigenvalue weighted by Gasteiger charge is 2.24. The van der Waals surface area contributed by atoms with Crippen LogP contribution in [0.25, 0.3) is 0 Å². The normalized spacial score (nSPS) is 13.7. The zero-order chi connectivity index (χ0) is 22.1. The molecule has 2 amide bonds. The van der Waals surface area contributed by atoms with Gasteiger partial charge in [-0.3, -0.25) is 9.59 Å². The molecule has 1 aliphatic rings. The number of carbonyl (C=O) groups excluding carboxylic acids is 2. The highest BCUT2D eigenvalue weighted by atomic mass is 16.5. The molecule has 0 spiro atoms. The Labute approximate surface area is 184 Å². The van der Waals surface area contributed by atoms with Crippen molar-refractivity contribution in [1.82, 2.24) is 9.80 Å². The second-order valence-electron chi connectivity index (χ2n) is 7.73. The fourth-order valence-electron chi connectivity index (χ4n) is 3.65. The smallest absolute Gasteiger partial charge is 0.260 e. The van der Waals surface area contributed by atoms with Gasteiger partial charge in [0.1, 0.15) is 11.5 Å². The van der Waals surface area contributed by atoms with Crippen LogP contribution >= 0.6 is 0 Å². The summed E-state index contributed by atoms with van der Waals surface area (Å²) in [6.07, 6.45) is 1.99. The molecule has 166 valence electrons. The molecule has 0 aromatic heterocycles. The molecule has 6 heteroatoms. The van der Waals surface area contributed by atoms with Gasteiger partial charge in [0.05, 0.1) is 6.61 Å². The van der Waals surface area contributed by atoms with Crippen LogP contribution in [0.15, 0.2) is 48.5 Å². The van der Waals surface area contributed by atoms with E-state index in [1.54, 1.807) is 4.90 Å². The molecule has 2 aromatic carbocycles. The van der Waals surface area contributed by atoms with Crippen molar-refractivity contribution < 1.29 is 19.1 Å². The first-order valence-corrected chi connectivity index (χ1v) is 11.0. The topological polar surface area (TPSA) is 59.1 Å². The Morgan fingerprint density at radius 2 is 1.45 bits per heavy atom. The van der Waals surface area contributed by atoms with Crippen molar-refractivity contribution >= 4 is 11.8 Å². The number of nitrogens with zero attached hydrogens (tertiary/aromatic N) is 2. The standard InChI is InChI=1S/C25H32N2O4/c1-3-21-10-5-7-12-23(21)31-19-25(29)27-16-14-26(15-17-27)24(28)13-8-18-30-22-11-6-4-9-20(22)2/h4-7,9-12H,3,8,13-19H2,1-2H3. The Kier molecular flexibility index (Phi) is 8.33. The Bertz CT molecular complexity index is 875. The molecular weight excluding hydrogens is 392 g/mol. The summed E-state index contributed by atoms with van der Waals surface area (Å²) in [4.78, 5) is 28.6. The zero-order valence-corrected chi connectivity index (χ0v) is 18.5. The molecule has 0 N–H and O–H groups in total. The number of piperazine rings is 1. The fourth-order valence-corrected chi connectivity index (χ4v) is 3.65. The molecule has 0 bridgehead atoms. The van der Waals surface area contributed by atoms with Crippen molar-refractivity contribution in [3.63, 3.8) is 0 Å². The number of benzene rings is 2. The molecule has 6 nitrogen and oxygen atoms in total. The number of carbonyl (C=O) groups is 2. The lowest BCUT2D eigenvalue weighted by atomic mass is 10.1. The van der Waals surface area contributed by atoms with E-state index in [2.05, 4.69) is 6.92 Å². The van der Waals surface area contributed by atoms with Gasteiger partial charge in [-0.25, -0.2) is 0 Å². The van der Waals surface area contributed by atoms with Gasteiger partial charge in [-0.1, -0.05) is 43.3 Å². The summed E-state index contributed by atoms with van der Waals surface area (Å²) >= 11 is 0. The van der Waals surface area contributed by atoms with Gasteiger partial charge in [-0.15, -0.1) is 0 Å². The quantitative estimate of drug-likeness (QED) is 0.579. The molecule has 1 aliphatic heterocycles. The van der Waals surface area contributed by atoms with E-state index in [9.17, 15) is 9.59 Å². The molecule has 0 radical (unpaired) electrons. The van der Waals surface area contributed by atoms with Crippen LogP contribution in [0.5, 0.6) is 11.5 Å². The molecule has 1 heterocycles. The van der Waals surface area contributed by atoms with Crippen LogP contribution in [0.3, 0.4) is 0 Å². The maximum atomic E-state index is 12.5. The molecule has 2 aromatic rings. The van der Waals surface area contributed by atoms with Crippen molar-refractivity contribution in [1.29, 1.82) is 0 Å². The molecule has 0 atom stereocenters. The average Bonchev–Trinajstić information content (AvgIpc) is 2.81. The van der Waals surface area contributed by atoms with E-state index in [1.165, 1.54) is 0 Å². The number of hydrogen-bond donors (Lipinski definition) is 0. The molecule has 0 aliphatic carbocycles. The van der Waals surface area contributed by atoms with Gasteiger partial charge in [-0.05, 0) is 43.0 Å². The maximum absolute atomic E-state index is 12.5. The highest BCUT2D eigenvalue weighted by molar-refractivity contribution is 5.79. The summed E-state index contributed by atoms with van der Waals surface area (Å²) in [5.74, 6) is 1.71. The van der Waals surface area contributed by atoms with Gasteiger partial charge in [0.15, 0.2) is 6.61 Å². The Hall–Kier alpha value is -3.02. The summed E-state index contributed by atoms with van der Waals surface area (Å²) in [5.41, 5.74) is 2.19. The molecule has 0 saturated carbocycles. The van der Waals surface area contributed by atoms with E-state index in [1.807, 2.05) is 60.4 Å². The number of para-hydroxylation sites is 2. The van der Waals surface area contributed by atoms with Crippen molar-refractivity contribution in [2.45, 2.75) is 33.1 Å². The zero-order valence-electron chi connectivity index (χ0n) is 18.5. The molecule has 3 rings (SSSR count). The van der Waals surface area contributed by atoms with E-state index in [4.69, 9.17) is 9.47 Å². The van der Waals surface area contributed by atoms with Crippen molar-refractivity contribution in [2.75, 3.05) is 39.4 Å². The number of rotatable bonds is 9. The Balaban J connectivity index is 1.35. The lowest BCUT2D eigenvalue weighted by molar-refractivity contribution is -0.140. The maximum Gasteiger partial charge on any atom is 0.260 e. The van der Waals surface area contributed by atoms with E-state index in [0.717, 1.165) is 29.0 Å². The first kappa shape index (κ1) is 22.7. The minimum absolute atomic E-state index is 0.0290. The molecular formula is C25H32N2O4. The van der Waals surface area contributed by atoms with Crippen LogP contribution in [0, 0.1) is 6.92 Å². The molecule has 31 heavy (non-hydrogen) atoms. The number of hydrogen-bond acceptors (Lipinski definition) is 4. The van der Waals surface area contributed by atoms with E-state index < -0.39 is 0 Å². The van der Waals surface area contributed by atoms with Gasteiger partial charge >= 0.3 is 0 Å². The predicted molar refractivity (Wildman–Crippen MR) is 120 cm³/mol. The highest BCUT2D eigenvalue weighted by Crippen LogP contribution is 2.19. The minimum Gasteiger partial charge on any atom is -0.493 e. The second kappa shape index (κ2) is 11.4.